The van der Waals surface area contributed by atoms with Crippen LogP contribution in [-0.2, 0) is 16.1 Å². The molecule has 144 valence electrons. The molecule has 0 heterocycles. The Bertz CT molecular complexity index is 604. The van der Waals surface area contributed by atoms with Crippen molar-refractivity contribution in [1.29, 1.82) is 0 Å². The zero-order valence-corrected chi connectivity index (χ0v) is 16.2. The van der Waals surface area contributed by atoms with Gasteiger partial charge in [0.1, 0.15) is 12.2 Å². The van der Waals surface area contributed by atoms with E-state index in [0.29, 0.717) is 6.54 Å². The molecular formula is C20H30N2O4. The number of nitrogens with one attached hydrogen (secondary N) is 1. The van der Waals surface area contributed by atoms with Crippen LogP contribution in [-0.4, -0.2) is 41.8 Å². The molecule has 0 atom stereocenters. The van der Waals surface area contributed by atoms with Gasteiger partial charge in [0.2, 0.25) is 0 Å². The molecule has 6 nitrogen and oxygen atoms in total. The Morgan fingerprint density at radius 1 is 1.15 bits per heavy atom. The summed E-state index contributed by atoms with van der Waals surface area (Å²) in [4.78, 5) is 26.2. The van der Waals surface area contributed by atoms with Gasteiger partial charge in [-0.1, -0.05) is 43.2 Å². The van der Waals surface area contributed by atoms with Gasteiger partial charge in [-0.25, -0.2) is 9.59 Å². The summed E-state index contributed by atoms with van der Waals surface area (Å²) in [5.74, 6) is 0. The molecule has 0 bridgehead atoms. The third-order valence-corrected chi connectivity index (χ3v) is 4.69. The quantitative estimate of drug-likeness (QED) is 0.856. The maximum absolute atomic E-state index is 12.5. The predicted molar refractivity (Wildman–Crippen MR) is 99.8 cm³/mol. The van der Waals surface area contributed by atoms with Crippen molar-refractivity contribution in [2.24, 2.45) is 0 Å². The van der Waals surface area contributed by atoms with E-state index in [1.807, 2.05) is 51.1 Å². The molecule has 1 fully saturated rings. The molecule has 1 aliphatic rings. The van der Waals surface area contributed by atoms with E-state index < -0.39 is 17.2 Å². The van der Waals surface area contributed by atoms with Gasteiger partial charge in [-0.3, -0.25) is 0 Å². The molecule has 0 radical (unpaired) electrons. The molecule has 1 aromatic carbocycles. The lowest BCUT2D eigenvalue weighted by molar-refractivity contribution is 0.00555. The number of hydrogen-bond donors (Lipinski definition) is 1. The number of benzene rings is 1. The van der Waals surface area contributed by atoms with Crippen LogP contribution in [0.1, 0.15) is 52.0 Å². The third kappa shape index (κ3) is 5.64. The van der Waals surface area contributed by atoms with E-state index in [2.05, 4.69) is 5.32 Å². The second kappa shape index (κ2) is 8.43. The second-order valence-electron chi connectivity index (χ2n) is 7.89. The highest BCUT2D eigenvalue weighted by Crippen LogP contribution is 2.35. The summed E-state index contributed by atoms with van der Waals surface area (Å²) < 4.78 is 10.8. The monoisotopic (exact) mass is 362 g/mol. The minimum Gasteiger partial charge on any atom is -0.445 e. The van der Waals surface area contributed by atoms with Gasteiger partial charge in [-0.2, -0.15) is 0 Å². The summed E-state index contributed by atoms with van der Waals surface area (Å²) in [6.45, 7) is 6.12. The minimum absolute atomic E-state index is 0.224. The smallest absolute Gasteiger partial charge is 0.410 e. The number of carbonyl (C=O) groups is 2. The highest BCUT2D eigenvalue weighted by Gasteiger charge is 2.42. The molecule has 0 unspecified atom stereocenters. The van der Waals surface area contributed by atoms with Gasteiger partial charge in [-0.05, 0) is 39.2 Å². The normalized spacial score (nSPS) is 16.0. The maximum Gasteiger partial charge on any atom is 0.410 e. The Hall–Kier alpha value is -2.24. The average Bonchev–Trinajstić information content (AvgIpc) is 3.07. The highest BCUT2D eigenvalue weighted by molar-refractivity contribution is 5.70. The number of ether oxygens (including phenoxy) is 2. The van der Waals surface area contributed by atoms with Crippen LogP contribution in [0.2, 0.25) is 0 Å². The number of nitrogens with zero attached hydrogens (tertiary/aromatic N) is 1. The zero-order chi connectivity index (χ0) is 19.2. The third-order valence-electron chi connectivity index (χ3n) is 4.69. The Balaban J connectivity index is 1.90. The van der Waals surface area contributed by atoms with Crippen LogP contribution in [0.15, 0.2) is 30.3 Å². The van der Waals surface area contributed by atoms with Crippen LogP contribution in [0.25, 0.3) is 0 Å². The fourth-order valence-corrected chi connectivity index (χ4v) is 3.20. The number of carbonyl (C=O) groups excluding carboxylic acids is 2. The fraction of sp³-hybridized carbons (Fsp3) is 0.600. The molecule has 1 saturated carbocycles. The van der Waals surface area contributed by atoms with Crippen molar-refractivity contribution in [1.82, 2.24) is 10.2 Å². The van der Waals surface area contributed by atoms with Crippen molar-refractivity contribution in [3.63, 3.8) is 0 Å². The van der Waals surface area contributed by atoms with Crippen molar-refractivity contribution >= 4 is 12.2 Å². The van der Waals surface area contributed by atoms with E-state index in [9.17, 15) is 9.59 Å². The van der Waals surface area contributed by atoms with E-state index in [-0.39, 0.29) is 12.7 Å². The first-order valence-electron chi connectivity index (χ1n) is 9.13. The molecule has 1 N–H and O–H groups in total. The van der Waals surface area contributed by atoms with Crippen LogP contribution in [0.4, 0.5) is 9.59 Å². The van der Waals surface area contributed by atoms with Gasteiger partial charge in [-0.15, -0.1) is 0 Å². The summed E-state index contributed by atoms with van der Waals surface area (Å²) in [5, 5.41) is 2.82. The number of hydrogen-bond acceptors (Lipinski definition) is 4. The van der Waals surface area contributed by atoms with E-state index >= 15 is 0 Å². The minimum atomic E-state index is -0.548. The lowest BCUT2D eigenvalue weighted by Crippen LogP contribution is -2.55. The maximum atomic E-state index is 12.5. The van der Waals surface area contributed by atoms with E-state index in [1.54, 1.807) is 11.9 Å². The van der Waals surface area contributed by atoms with Crippen molar-refractivity contribution in [2.75, 3.05) is 13.6 Å². The lowest BCUT2D eigenvalue weighted by Gasteiger charge is -2.39. The molecule has 1 aromatic rings. The summed E-state index contributed by atoms with van der Waals surface area (Å²) in [7, 11) is 1.75. The molecule has 2 rings (SSSR count). The summed E-state index contributed by atoms with van der Waals surface area (Å²) >= 11 is 0. The molecule has 1 aliphatic carbocycles. The largest absolute Gasteiger partial charge is 0.445 e. The van der Waals surface area contributed by atoms with Gasteiger partial charge >= 0.3 is 12.2 Å². The average molecular weight is 362 g/mol. The van der Waals surface area contributed by atoms with Crippen molar-refractivity contribution in [3.05, 3.63) is 35.9 Å². The molecule has 0 aliphatic heterocycles. The Kier molecular flexibility index (Phi) is 6.51. The summed E-state index contributed by atoms with van der Waals surface area (Å²) in [5.41, 5.74) is -0.0366. The van der Waals surface area contributed by atoms with Crippen LogP contribution < -0.4 is 5.32 Å². The number of likely N-dealkylation sites (N-methyl/N-ethyl adjacent to an activating group) is 1. The number of alkyl carbamates (subject to hydrolysis) is 1. The van der Waals surface area contributed by atoms with Crippen molar-refractivity contribution in [2.45, 2.75) is 64.2 Å². The standard InChI is InChI=1S/C20H30N2O4/c1-19(2,3)26-18(24)22(4)20(12-8-9-13-20)15-21-17(23)25-14-16-10-6-5-7-11-16/h5-7,10-11H,8-9,12-15H2,1-4H3,(H,21,23). The van der Waals surface area contributed by atoms with E-state index in [0.717, 1.165) is 31.2 Å². The van der Waals surface area contributed by atoms with Gasteiger partial charge in [0, 0.05) is 13.6 Å². The Morgan fingerprint density at radius 3 is 2.35 bits per heavy atom. The van der Waals surface area contributed by atoms with Crippen LogP contribution >= 0.6 is 0 Å². The fourth-order valence-electron chi connectivity index (χ4n) is 3.20. The van der Waals surface area contributed by atoms with Gasteiger partial charge in [0.15, 0.2) is 0 Å². The van der Waals surface area contributed by atoms with Crippen LogP contribution in [0, 0.1) is 0 Å². The van der Waals surface area contributed by atoms with Gasteiger partial charge < -0.3 is 19.7 Å². The van der Waals surface area contributed by atoms with Crippen LogP contribution in [0.3, 0.4) is 0 Å². The molecule has 0 saturated heterocycles. The van der Waals surface area contributed by atoms with Crippen molar-refractivity contribution in [3.8, 4) is 0 Å². The Morgan fingerprint density at radius 2 is 1.77 bits per heavy atom. The first-order valence-corrected chi connectivity index (χ1v) is 9.13. The molecule has 6 heteroatoms. The molecule has 0 spiro atoms. The zero-order valence-electron chi connectivity index (χ0n) is 16.2. The number of amides is 2. The van der Waals surface area contributed by atoms with Gasteiger partial charge in [0.25, 0.3) is 0 Å². The summed E-state index contributed by atoms with van der Waals surface area (Å²) in [6.07, 6.45) is 2.88. The van der Waals surface area contributed by atoms with Gasteiger partial charge in [0.05, 0.1) is 5.54 Å². The molecule has 0 aromatic heterocycles. The first kappa shape index (κ1) is 20.1. The molecule has 26 heavy (non-hydrogen) atoms. The number of rotatable bonds is 5. The van der Waals surface area contributed by atoms with E-state index in [1.165, 1.54) is 0 Å². The predicted octanol–water partition coefficient (Wildman–Crippen LogP) is 4.09. The molecular weight excluding hydrogens is 332 g/mol. The summed E-state index contributed by atoms with van der Waals surface area (Å²) in [6, 6.07) is 9.53. The first-order chi connectivity index (χ1) is 12.2. The topological polar surface area (TPSA) is 67.9 Å². The Labute approximate surface area is 155 Å². The van der Waals surface area contributed by atoms with E-state index in [4.69, 9.17) is 9.47 Å². The van der Waals surface area contributed by atoms with Crippen molar-refractivity contribution < 1.29 is 19.1 Å². The SMILES string of the molecule is CN(C(=O)OC(C)(C)C)C1(CNC(=O)OCc2ccccc2)CCCC1. The lowest BCUT2D eigenvalue weighted by atomic mass is 9.96. The molecule has 2 amide bonds. The van der Waals surface area contributed by atoms with Crippen LogP contribution in [0.5, 0.6) is 0 Å². The highest BCUT2D eigenvalue weighted by atomic mass is 16.6. The second-order valence-corrected chi connectivity index (χ2v) is 7.89.